The first kappa shape index (κ1) is 19.5. The number of fused-ring (bicyclic) bond motifs is 1. The lowest BCUT2D eigenvalue weighted by Gasteiger charge is -2.30. The second-order valence-corrected chi connectivity index (χ2v) is 8.50. The molecule has 0 spiro atoms. The van der Waals surface area contributed by atoms with E-state index in [1.165, 1.54) is 30.3 Å². The zero-order valence-electron chi connectivity index (χ0n) is 15.4. The Hall–Kier alpha value is -2.25. The lowest BCUT2D eigenvalue weighted by atomic mass is 10.0. The minimum Gasteiger partial charge on any atom is -0.308 e. The van der Waals surface area contributed by atoms with Gasteiger partial charge >= 0.3 is 0 Å². The van der Waals surface area contributed by atoms with Gasteiger partial charge in [0.1, 0.15) is 5.82 Å². The molecule has 0 unspecified atom stereocenters. The molecule has 1 N–H and O–H groups in total. The van der Waals surface area contributed by atoms with E-state index in [0.717, 1.165) is 12.0 Å². The van der Waals surface area contributed by atoms with Crippen molar-refractivity contribution in [2.75, 3.05) is 11.4 Å². The summed E-state index contributed by atoms with van der Waals surface area (Å²) >= 11 is 0. The zero-order valence-corrected chi connectivity index (χ0v) is 16.2. The zero-order chi connectivity index (χ0) is 19.6. The maximum Gasteiger partial charge on any atom is 0.258 e. The Labute approximate surface area is 159 Å². The lowest BCUT2D eigenvalue weighted by Crippen LogP contribution is -2.36. The van der Waals surface area contributed by atoms with Gasteiger partial charge < -0.3 is 4.90 Å². The molecule has 1 aliphatic rings. The molecule has 1 amide bonds. The van der Waals surface area contributed by atoms with Gasteiger partial charge in [-0.3, -0.25) is 4.79 Å². The highest BCUT2D eigenvalue weighted by Gasteiger charge is 2.26. The third-order valence-corrected chi connectivity index (χ3v) is 6.37. The topological polar surface area (TPSA) is 66.5 Å². The van der Waals surface area contributed by atoms with Crippen molar-refractivity contribution in [2.24, 2.45) is 0 Å². The van der Waals surface area contributed by atoms with Crippen LogP contribution in [0.15, 0.2) is 47.4 Å². The van der Waals surface area contributed by atoms with Crippen LogP contribution in [0.3, 0.4) is 0 Å². The van der Waals surface area contributed by atoms with Crippen LogP contribution in [0, 0.1) is 5.82 Å². The molecule has 3 rings (SSSR count). The molecule has 0 saturated carbocycles. The average Bonchev–Trinajstić information content (AvgIpc) is 2.66. The first-order chi connectivity index (χ1) is 12.8. The fourth-order valence-corrected chi connectivity index (χ4v) is 4.49. The predicted molar refractivity (Wildman–Crippen MR) is 103 cm³/mol. The van der Waals surface area contributed by atoms with E-state index in [1.807, 2.05) is 13.8 Å². The van der Waals surface area contributed by atoms with E-state index >= 15 is 0 Å². The van der Waals surface area contributed by atoms with Crippen LogP contribution in [0.2, 0.25) is 0 Å². The fourth-order valence-electron chi connectivity index (χ4n) is 3.12. The largest absolute Gasteiger partial charge is 0.308 e. The average molecular weight is 390 g/mol. The maximum atomic E-state index is 13.1. The number of rotatable bonds is 5. The van der Waals surface area contributed by atoms with Gasteiger partial charge in [-0.2, -0.15) is 0 Å². The molecule has 0 aliphatic carbocycles. The Morgan fingerprint density at radius 2 is 1.93 bits per heavy atom. The van der Waals surface area contributed by atoms with Gasteiger partial charge in [0.2, 0.25) is 10.0 Å². The molecule has 0 radical (unpaired) electrons. The Kier molecular flexibility index (Phi) is 5.62. The van der Waals surface area contributed by atoms with Gasteiger partial charge in [0, 0.05) is 23.8 Å². The van der Waals surface area contributed by atoms with Crippen molar-refractivity contribution in [1.82, 2.24) is 4.72 Å². The number of amides is 1. The van der Waals surface area contributed by atoms with E-state index in [1.54, 1.807) is 17.0 Å². The fraction of sp³-hybridized carbons (Fsp3) is 0.350. The molecule has 0 saturated heterocycles. The minimum atomic E-state index is -3.59. The Morgan fingerprint density at radius 3 is 2.59 bits per heavy atom. The molecule has 0 bridgehead atoms. The normalized spacial score (nSPS) is 15.3. The van der Waals surface area contributed by atoms with E-state index in [2.05, 4.69) is 4.72 Å². The van der Waals surface area contributed by atoms with Crippen LogP contribution in [-0.2, 0) is 16.4 Å². The number of aryl methyl sites for hydroxylation is 1. The molecule has 0 fully saturated rings. The van der Waals surface area contributed by atoms with Gasteiger partial charge in [0.05, 0.1) is 4.90 Å². The first-order valence-electron chi connectivity index (χ1n) is 9.04. The number of hydrogen-bond acceptors (Lipinski definition) is 3. The third-order valence-electron chi connectivity index (χ3n) is 4.78. The van der Waals surface area contributed by atoms with E-state index in [0.29, 0.717) is 30.6 Å². The maximum absolute atomic E-state index is 13.1. The molecule has 2 aromatic rings. The second kappa shape index (κ2) is 7.78. The van der Waals surface area contributed by atoms with Gasteiger partial charge in [-0.15, -0.1) is 0 Å². The Balaban J connectivity index is 1.91. The monoisotopic (exact) mass is 390 g/mol. The Bertz CT molecular complexity index is 942. The van der Waals surface area contributed by atoms with Crippen molar-refractivity contribution in [3.8, 4) is 0 Å². The number of benzene rings is 2. The van der Waals surface area contributed by atoms with Crippen molar-refractivity contribution in [1.29, 1.82) is 0 Å². The van der Waals surface area contributed by atoms with Crippen molar-refractivity contribution in [2.45, 2.75) is 44.0 Å². The van der Waals surface area contributed by atoms with Crippen LogP contribution in [0.5, 0.6) is 0 Å². The summed E-state index contributed by atoms with van der Waals surface area (Å²) in [6.07, 6.45) is 2.14. The van der Waals surface area contributed by atoms with E-state index in [9.17, 15) is 17.6 Å². The third kappa shape index (κ3) is 4.20. The smallest absolute Gasteiger partial charge is 0.258 e. The number of anilines is 1. The van der Waals surface area contributed by atoms with Crippen LogP contribution < -0.4 is 9.62 Å². The van der Waals surface area contributed by atoms with Gasteiger partial charge in [-0.1, -0.05) is 6.92 Å². The van der Waals surface area contributed by atoms with Crippen molar-refractivity contribution >= 4 is 21.6 Å². The minimum absolute atomic E-state index is 0.150. The van der Waals surface area contributed by atoms with E-state index in [-0.39, 0.29) is 16.8 Å². The highest BCUT2D eigenvalue weighted by molar-refractivity contribution is 7.89. The van der Waals surface area contributed by atoms with Crippen LogP contribution in [0.25, 0.3) is 0 Å². The number of hydrogen-bond donors (Lipinski definition) is 1. The van der Waals surface area contributed by atoms with Crippen LogP contribution in [-0.4, -0.2) is 26.9 Å². The molecule has 1 aliphatic heterocycles. The number of nitrogens with one attached hydrogen (secondary N) is 1. The second-order valence-electron chi connectivity index (χ2n) is 6.79. The van der Waals surface area contributed by atoms with Crippen LogP contribution in [0.1, 0.15) is 42.6 Å². The van der Waals surface area contributed by atoms with E-state index < -0.39 is 15.8 Å². The number of sulfonamides is 1. The van der Waals surface area contributed by atoms with Gasteiger partial charge in [0.25, 0.3) is 5.91 Å². The summed E-state index contributed by atoms with van der Waals surface area (Å²) in [6, 6.07) is 10.1. The quantitative estimate of drug-likeness (QED) is 0.850. The molecule has 1 atom stereocenters. The SMILES string of the molecule is CC[C@@H](C)NS(=O)(=O)c1ccc2c(c1)CCCN2C(=O)c1ccc(F)cc1. The van der Waals surface area contributed by atoms with Gasteiger partial charge in [0.15, 0.2) is 0 Å². The highest BCUT2D eigenvalue weighted by atomic mass is 32.2. The van der Waals surface area contributed by atoms with Gasteiger partial charge in [-0.05, 0) is 74.2 Å². The first-order valence-corrected chi connectivity index (χ1v) is 10.5. The Morgan fingerprint density at radius 1 is 1.22 bits per heavy atom. The summed E-state index contributed by atoms with van der Waals surface area (Å²) in [7, 11) is -3.59. The summed E-state index contributed by atoms with van der Waals surface area (Å²) in [5.74, 6) is -0.612. The standard InChI is InChI=1S/C20H23FN2O3S/c1-3-14(2)22-27(25,26)18-10-11-19-16(13-18)5-4-12-23(19)20(24)15-6-8-17(21)9-7-15/h6-11,13-14,22H,3-5,12H2,1-2H3/t14-/m1/s1. The molecular formula is C20H23FN2O3S. The van der Waals surface area contributed by atoms with Crippen LogP contribution >= 0.6 is 0 Å². The lowest BCUT2D eigenvalue weighted by molar-refractivity contribution is 0.0985. The molecule has 2 aromatic carbocycles. The summed E-state index contributed by atoms with van der Waals surface area (Å²) in [5, 5.41) is 0. The van der Waals surface area contributed by atoms with E-state index in [4.69, 9.17) is 0 Å². The van der Waals surface area contributed by atoms with Crippen molar-refractivity contribution < 1.29 is 17.6 Å². The van der Waals surface area contributed by atoms with Gasteiger partial charge in [-0.25, -0.2) is 17.5 Å². The molecule has 27 heavy (non-hydrogen) atoms. The summed E-state index contributed by atoms with van der Waals surface area (Å²) in [4.78, 5) is 14.6. The van der Waals surface area contributed by atoms with Crippen molar-refractivity contribution in [3.63, 3.8) is 0 Å². The number of carbonyl (C=O) groups is 1. The van der Waals surface area contributed by atoms with Crippen molar-refractivity contribution in [3.05, 3.63) is 59.4 Å². The molecule has 1 heterocycles. The number of nitrogens with zero attached hydrogens (tertiary/aromatic N) is 1. The van der Waals surface area contributed by atoms with Crippen LogP contribution in [0.4, 0.5) is 10.1 Å². The molecule has 144 valence electrons. The summed E-state index contributed by atoms with van der Waals surface area (Å²) in [6.45, 7) is 4.28. The number of carbonyl (C=O) groups excluding carboxylic acids is 1. The summed E-state index contributed by atoms with van der Waals surface area (Å²) < 4.78 is 40.8. The predicted octanol–water partition coefficient (Wildman–Crippen LogP) is 3.50. The molecule has 5 nitrogen and oxygen atoms in total. The summed E-state index contributed by atoms with van der Waals surface area (Å²) in [5.41, 5.74) is 1.93. The molecular weight excluding hydrogens is 367 g/mol. The molecule has 7 heteroatoms. The highest BCUT2D eigenvalue weighted by Crippen LogP contribution is 2.30. The molecule has 0 aromatic heterocycles. The number of halogens is 1.